The van der Waals surface area contributed by atoms with Gasteiger partial charge in [0.25, 0.3) is 0 Å². The maximum atomic E-state index is 10.5. The van der Waals surface area contributed by atoms with Crippen molar-refractivity contribution in [3.63, 3.8) is 0 Å². The third-order valence-electron chi connectivity index (χ3n) is 2.32. The molecule has 0 amide bonds. The van der Waals surface area contributed by atoms with E-state index in [1.165, 1.54) is 0 Å². The van der Waals surface area contributed by atoms with Gasteiger partial charge in [0.1, 0.15) is 18.3 Å². The second-order valence-corrected chi connectivity index (χ2v) is 4.39. The predicted octanol–water partition coefficient (Wildman–Crippen LogP) is -2.35. The Morgan fingerprint density at radius 1 is 1.33 bits per heavy atom. The Labute approximate surface area is 85.3 Å². The monoisotopic (exact) mass is 242 g/mol. The molecule has 9 heteroatoms. The minimum atomic E-state index is -4.74. The first-order valence-corrected chi connectivity index (χ1v) is 5.54. The van der Waals surface area contributed by atoms with Crippen LogP contribution in [0.4, 0.5) is 0 Å². The van der Waals surface area contributed by atoms with Gasteiger partial charge in [0.2, 0.25) is 0 Å². The minimum absolute atomic E-state index is 0.0359. The van der Waals surface area contributed by atoms with Crippen molar-refractivity contribution in [3.05, 3.63) is 0 Å². The molecule has 2 bridgehead atoms. The van der Waals surface area contributed by atoms with E-state index in [4.69, 9.17) is 14.0 Å². The maximum absolute atomic E-state index is 10.5. The SMILES string of the molecule is O=S(=O)(O)O[C@@H]1[C@@H]2OC[C@H](O[C@@H]1O)[C@@H]2O. The number of hydrogen-bond donors (Lipinski definition) is 3. The lowest BCUT2D eigenvalue weighted by atomic mass is 10.0. The standard InChI is InChI=1S/C6H10O8S/c7-3-2-1-12-4(3)5(6(8)13-2)14-15(9,10)11/h2-8H,1H2,(H,9,10,11)/t2-,3-,4+,5+,6-/m0/s1. The largest absolute Gasteiger partial charge is 0.397 e. The zero-order valence-corrected chi connectivity index (χ0v) is 8.20. The summed E-state index contributed by atoms with van der Waals surface area (Å²) in [6.45, 7) is 0.0359. The Morgan fingerprint density at radius 3 is 2.60 bits per heavy atom. The van der Waals surface area contributed by atoms with Gasteiger partial charge in [0.05, 0.1) is 6.61 Å². The van der Waals surface area contributed by atoms with Crippen LogP contribution in [-0.4, -0.2) is 60.5 Å². The first kappa shape index (κ1) is 11.2. The molecule has 2 rings (SSSR count). The van der Waals surface area contributed by atoms with Crippen LogP contribution in [0.2, 0.25) is 0 Å². The number of aliphatic hydroxyl groups excluding tert-OH is 2. The third-order valence-corrected chi connectivity index (χ3v) is 2.79. The maximum Gasteiger partial charge on any atom is 0.397 e. The number of ether oxygens (including phenoxy) is 2. The topological polar surface area (TPSA) is 123 Å². The van der Waals surface area contributed by atoms with Gasteiger partial charge >= 0.3 is 10.4 Å². The Hall–Kier alpha value is -0.290. The number of hydrogen-bond acceptors (Lipinski definition) is 7. The van der Waals surface area contributed by atoms with Crippen molar-refractivity contribution in [2.24, 2.45) is 0 Å². The van der Waals surface area contributed by atoms with Crippen molar-refractivity contribution in [3.8, 4) is 0 Å². The first-order chi connectivity index (χ1) is 6.88. The number of rotatable bonds is 2. The highest BCUT2D eigenvalue weighted by Crippen LogP contribution is 2.31. The molecule has 8 nitrogen and oxygen atoms in total. The Bertz CT molecular complexity index is 339. The van der Waals surface area contributed by atoms with E-state index in [2.05, 4.69) is 4.18 Å². The summed E-state index contributed by atoms with van der Waals surface area (Å²) in [6.07, 6.45) is -5.84. The van der Waals surface area contributed by atoms with Crippen LogP contribution < -0.4 is 0 Å². The second kappa shape index (κ2) is 3.63. The highest BCUT2D eigenvalue weighted by molar-refractivity contribution is 7.80. The molecule has 88 valence electrons. The van der Waals surface area contributed by atoms with Crippen molar-refractivity contribution in [1.29, 1.82) is 0 Å². The molecule has 15 heavy (non-hydrogen) atoms. The van der Waals surface area contributed by atoms with Crippen LogP contribution in [0.1, 0.15) is 0 Å². The summed E-state index contributed by atoms with van der Waals surface area (Å²) >= 11 is 0. The fraction of sp³-hybridized carbons (Fsp3) is 1.00. The average Bonchev–Trinajstić information content (AvgIpc) is 2.33. The third kappa shape index (κ3) is 2.13. The molecule has 0 spiro atoms. The van der Waals surface area contributed by atoms with Gasteiger partial charge < -0.3 is 19.7 Å². The number of aliphatic hydroxyl groups is 2. The van der Waals surface area contributed by atoms with E-state index in [1.807, 2.05) is 0 Å². The van der Waals surface area contributed by atoms with Crippen molar-refractivity contribution in [2.75, 3.05) is 6.61 Å². The van der Waals surface area contributed by atoms with Gasteiger partial charge in [-0.25, -0.2) is 4.18 Å². The molecule has 3 N–H and O–H groups in total. The Morgan fingerprint density at radius 2 is 2.00 bits per heavy atom. The summed E-state index contributed by atoms with van der Waals surface area (Å²) in [6, 6.07) is 0. The zero-order valence-electron chi connectivity index (χ0n) is 7.38. The van der Waals surface area contributed by atoms with Crippen LogP contribution in [0.5, 0.6) is 0 Å². The molecule has 0 saturated carbocycles. The van der Waals surface area contributed by atoms with E-state index in [0.717, 1.165) is 0 Å². The number of fused-ring (bicyclic) bond motifs is 2. The summed E-state index contributed by atoms with van der Waals surface area (Å²) in [7, 11) is -4.74. The lowest BCUT2D eigenvalue weighted by Crippen LogP contribution is -2.54. The molecule has 2 saturated heterocycles. The van der Waals surface area contributed by atoms with Gasteiger partial charge in [-0.15, -0.1) is 0 Å². The summed E-state index contributed by atoms with van der Waals surface area (Å²) in [5, 5.41) is 18.8. The van der Waals surface area contributed by atoms with E-state index in [0.29, 0.717) is 0 Å². The van der Waals surface area contributed by atoms with Gasteiger partial charge in [-0.2, -0.15) is 8.42 Å². The Kier molecular flexibility index (Phi) is 2.71. The molecule has 0 unspecified atom stereocenters. The molecule has 2 fully saturated rings. The zero-order chi connectivity index (χ0) is 11.2. The fourth-order valence-corrected chi connectivity index (χ4v) is 2.17. The van der Waals surface area contributed by atoms with Crippen LogP contribution >= 0.6 is 0 Å². The summed E-state index contributed by atoms with van der Waals surface area (Å²) < 4.78 is 43.3. The molecule has 2 heterocycles. The van der Waals surface area contributed by atoms with E-state index >= 15 is 0 Å². The molecule has 0 radical (unpaired) electrons. The molecular weight excluding hydrogens is 232 g/mol. The lowest BCUT2D eigenvalue weighted by molar-refractivity contribution is -0.235. The normalized spacial score (nSPS) is 45.7. The molecule has 0 aromatic rings. The van der Waals surface area contributed by atoms with E-state index < -0.39 is 41.1 Å². The van der Waals surface area contributed by atoms with Crippen LogP contribution in [-0.2, 0) is 24.1 Å². The highest BCUT2D eigenvalue weighted by atomic mass is 32.3. The molecular formula is C6H10O8S. The van der Waals surface area contributed by atoms with E-state index in [1.54, 1.807) is 0 Å². The molecule has 0 aliphatic carbocycles. The molecule has 0 aromatic carbocycles. The van der Waals surface area contributed by atoms with Crippen LogP contribution in [0.3, 0.4) is 0 Å². The molecule has 5 atom stereocenters. The first-order valence-electron chi connectivity index (χ1n) is 4.17. The predicted molar refractivity (Wildman–Crippen MR) is 43.0 cm³/mol. The van der Waals surface area contributed by atoms with E-state index in [-0.39, 0.29) is 6.61 Å². The van der Waals surface area contributed by atoms with Crippen molar-refractivity contribution < 1.29 is 36.8 Å². The van der Waals surface area contributed by atoms with Crippen molar-refractivity contribution in [2.45, 2.75) is 30.7 Å². The smallest absolute Gasteiger partial charge is 0.387 e. The highest BCUT2D eigenvalue weighted by Gasteiger charge is 2.52. The molecule has 2 aliphatic rings. The van der Waals surface area contributed by atoms with Crippen molar-refractivity contribution >= 4 is 10.4 Å². The minimum Gasteiger partial charge on any atom is -0.387 e. The van der Waals surface area contributed by atoms with E-state index in [9.17, 15) is 18.6 Å². The Balaban J connectivity index is 2.16. The fourth-order valence-electron chi connectivity index (χ4n) is 1.69. The van der Waals surface area contributed by atoms with Gasteiger partial charge in [-0.3, -0.25) is 4.55 Å². The van der Waals surface area contributed by atoms with Crippen molar-refractivity contribution in [1.82, 2.24) is 0 Å². The van der Waals surface area contributed by atoms with Gasteiger partial charge in [-0.1, -0.05) is 0 Å². The second-order valence-electron chi connectivity index (χ2n) is 3.34. The van der Waals surface area contributed by atoms with Crippen LogP contribution in [0.15, 0.2) is 0 Å². The van der Waals surface area contributed by atoms with Crippen LogP contribution in [0, 0.1) is 0 Å². The van der Waals surface area contributed by atoms with Gasteiger partial charge in [-0.05, 0) is 0 Å². The van der Waals surface area contributed by atoms with Crippen LogP contribution in [0.25, 0.3) is 0 Å². The average molecular weight is 242 g/mol. The summed E-state index contributed by atoms with van der Waals surface area (Å²) in [5.41, 5.74) is 0. The quantitative estimate of drug-likeness (QED) is 0.460. The molecule has 2 aliphatic heterocycles. The molecule has 0 aromatic heterocycles. The lowest BCUT2D eigenvalue weighted by Gasteiger charge is -2.33. The van der Waals surface area contributed by atoms with Gasteiger partial charge in [0.15, 0.2) is 12.4 Å². The summed E-state index contributed by atoms with van der Waals surface area (Å²) in [5.74, 6) is 0. The summed E-state index contributed by atoms with van der Waals surface area (Å²) in [4.78, 5) is 0. The van der Waals surface area contributed by atoms with Gasteiger partial charge in [0, 0.05) is 0 Å².